The van der Waals surface area contributed by atoms with Gasteiger partial charge in [0.15, 0.2) is 0 Å². The molecule has 2 heterocycles. The number of benzene rings is 1. The third-order valence-electron chi connectivity index (χ3n) is 4.19. The van der Waals surface area contributed by atoms with E-state index in [2.05, 4.69) is 5.32 Å². The summed E-state index contributed by atoms with van der Waals surface area (Å²) in [5, 5.41) is 3.60. The largest absolute Gasteiger partial charge is 0.465 e. The van der Waals surface area contributed by atoms with Gasteiger partial charge in [-0.1, -0.05) is 17.7 Å². The average molecular weight is 409 g/mol. The number of ether oxygens (including phenoxy) is 2. The molecule has 0 atom stereocenters. The molecule has 9 heteroatoms. The van der Waals surface area contributed by atoms with Crippen molar-refractivity contribution in [2.24, 2.45) is 0 Å². The summed E-state index contributed by atoms with van der Waals surface area (Å²) in [4.78, 5) is 39.0. The highest BCUT2D eigenvalue weighted by Crippen LogP contribution is 2.38. The van der Waals surface area contributed by atoms with Crippen LogP contribution in [0.2, 0.25) is 5.02 Å². The number of methoxy groups -OCH3 is 2. The van der Waals surface area contributed by atoms with Gasteiger partial charge < -0.3 is 19.7 Å². The fourth-order valence-electron chi connectivity index (χ4n) is 2.90. The second-order valence-electron chi connectivity index (χ2n) is 5.81. The Morgan fingerprint density at radius 1 is 1.22 bits per heavy atom. The number of hydrogen-bond acceptors (Lipinski definition) is 6. The van der Waals surface area contributed by atoms with Gasteiger partial charge in [0, 0.05) is 22.0 Å². The van der Waals surface area contributed by atoms with Crippen LogP contribution < -0.4 is 5.32 Å². The van der Waals surface area contributed by atoms with Crippen LogP contribution in [0, 0.1) is 0 Å². The molecule has 0 saturated heterocycles. The number of fused-ring (bicyclic) bond motifs is 1. The van der Waals surface area contributed by atoms with Crippen LogP contribution in [0.3, 0.4) is 0 Å². The van der Waals surface area contributed by atoms with Gasteiger partial charge in [0.1, 0.15) is 5.00 Å². The van der Waals surface area contributed by atoms with Gasteiger partial charge in [-0.25, -0.2) is 9.59 Å². The Balaban J connectivity index is 1.93. The Kier molecular flexibility index (Phi) is 5.67. The van der Waals surface area contributed by atoms with E-state index in [4.69, 9.17) is 21.1 Å². The Morgan fingerprint density at radius 3 is 2.67 bits per heavy atom. The molecule has 2 aromatic rings. The lowest BCUT2D eigenvalue weighted by atomic mass is 10.0. The molecule has 0 saturated carbocycles. The number of hydrogen-bond donors (Lipinski definition) is 1. The van der Waals surface area contributed by atoms with E-state index in [1.165, 1.54) is 25.6 Å². The van der Waals surface area contributed by atoms with Crippen molar-refractivity contribution in [1.29, 1.82) is 0 Å². The molecule has 0 fully saturated rings. The monoisotopic (exact) mass is 408 g/mol. The Hall–Kier alpha value is -2.58. The van der Waals surface area contributed by atoms with E-state index < -0.39 is 12.1 Å². The molecule has 1 N–H and O–H groups in total. The molecule has 2 amide bonds. The molecule has 1 aromatic carbocycles. The van der Waals surface area contributed by atoms with Gasteiger partial charge in [-0.15, -0.1) is 11.3 Å². The van der Waals surface area contributed by atoms with Crippen LogP contribution in [0.4, 0.5) is 9.80 Å². The van der Waals surface area contributed by atoms with Gasteiger partial charge in [-0.3, -0.25) is 4.79 Å². The lowest BCUT2D eigenvalue weighted by molar-refractivity contribution is 0.0600. The van der Waals surface area contributed by atoms with Crippen LogP contribution in [0.25, 0.3) is 0 Å². The molecule has 0 aliphatic carbocycles. The average Bonchev–Trinajstić information content (AvgIpc) is 3.03. The summed E-state index contributed by atoms with van der Waals surface area (Å²) in [6.07, 6.45) is 0.0384. The minimum Gasteiger partial charge on any atom is -0.465 e. The van der Waals surface area contributed by atoms with Crippen LogP contribution >= 0.6 is 22.9 Å². The van der Waals surface area contributed by atoms with E-state index in [1.54, 1.807) is 29.2 Å². The number of nitrogens with one attached hydrogen (secondary N) is 1. The SMILES string of the molecule is COC(=O)c1c(NC(=O)c2cccc(Cl)c2)sc2c1CCN(C(=O)OC)C2. The smallest absolute Gasteiger partial charge is 0.409 e. The number of anilines is 1. The third kappa shape index (κ3) is 3.91. The first-order valence-electron chi connectivity index (χ1n) is 8.07. The van der Waals surface area contributed by atoms with Crippen molar-refractivity contribution in [2.45, 2.75) is 13.0 Å². The summed E-state index contributed by atoms with van der Waals surface area (Å²) in [5.74, 6) is -0.911. The van der Waals surface area contributed by atoms with Crippen molar-refractivity contribution >= 4 is 45.9 Å². The molecule has 142 valence electrons. The molecular formula is C18H17ClN2O5S. The fourth-order valence-corrected chi connectivity index (χ4v) is 4.34. The number of halogens is 1. The van der Waals surface area contributed by atoms with E-state index >= 15 is 0 Å². The molecule has 0 radical (unpaired) electrons. The predicted octanol–water partition coefficient (Wildman–Crippen LogP) is 3.56. The van der Waals surface area contributed by atoms with Crippen molar-refractivity contribution in [1.82, 2.24) is 4.90 Å². The van der Waals surface area contributed by atoms with Gasteiger partial charge in [-0.2, -0.15) is 0 Å². The van der Waals surface area contributed by atoms with Crippen LogP contribution in [-0.2, 0) is 22.4 Å². The van der Waals surface area contributed by atoms with Crippen molar-refractivity contribution < 1.29 is 23.9 Å². The molecule has 0 unspecified atom stereocenters. The maximum atomic E-state index is 12.6. The van der Waals surface area contributed by atoms with Gasteiger partial charge >= 0.3 is 12.1 Å². The number of esters is 1. The standard InChI is InChI=1S/C18H17ClN2O5S/c1-25-17(23)14-12-6-7-21(18(24)26-2)9-13(12)27-16(14)20-15(22)10-4-3-5-11(19)8-10/h3-5,8H,6-7,9H2,1-2H3,(H,20,22). The highest BCUT2D eigenvalue weighted by atomic mass is 35.5. The molecule has 1 aromatic heterocycles. The first-order chi connectivity index (χ1) is 12.9. The highest BCUT2D eigenvalue weighted by molar-refractivity contribution is 7.17. The number of rotatable bonds is 3. The zero-order chi connectivity index (χ0) is 19.6. The summed E-state index contributed by atoms with van der Waals surface area (Å²) in [6.45, 7) is 0.728. The van der Waals surface area contributed by atoms with Crippen molar-refractivity contribution in [3.05, 3.63) is 50.9 Å². The quantitative estimate of drug-likeness (QED) is 0.785. The zero-order valence-electron chi connectivity index (χ0n) is 14.7. The van der Waals surface area contributed by atoms with Crippen molar-refractivity contribution in [3.63, 3.8) is 0 Å². The zero-order valence-corrected chi connectivity index (χ0v) is 16.3. The molecule has 3 rings (SSSR count). The first kappa shape index (κ1) is 19.2. The molecular weight excluding hydrogens is 392 g/mol. The number of carbonyl (C=O) groups is 3. The highest BCUT2D eigenvalue weighted by Gasteiger charge is 2.31. The third-order valence-corrected chi connectivity index (χ3v) is 5.56. The van der Waals surface area contributed by atoms with E-state index in [0.717, 1.165) is 10.4 Å². The topological polar surface area (TPSA) is 84.9 Å². The Morgan fingerprint density at radius 2 is 2.00 bits per heavy atom. The number of nitrogens with zero attached hydrogens (tertiary/aromatic N) is 1. The summed E-state index contributed by atoms with van der Waals surface area (Å²) >= 11 is 7.19. The Labute approximate surface area is 164 Å². The van der Waals surface area contributed by atoms with Crippen LogP contribution in [-0.4, -0.2) is 43.6 Å². The molecule has 7 nitrogen and oxygen atoms in total. The minimum atomic E-state index is -0.527. The van der Waals surface area contributed by atoms with E-state index in [1.807, 2.05) is 0 Å². The number of thiophene rings is 1. The summed E-state index contributed by atoms with van der Waals surface area (Å²) in [6, 6.07) is 6.52. The van der Waals surface area contributed by atoms with E-state index in [0.29, 0.717) is 40.7 Å². The lowest BCUT2D eigenvalue weighted by Gasteiger charge is -2.25. The maximum absolute atomic E-state index is 12.6. The normalized spacial score (nSPS) is 12.9. The van der Waals surface area contributed by atoms with Gasteiger partial charge in [0.25, 0.3) is 5.91 Å². The number of amides is 2. The van der Waals surface area contributed by atoms with E-state index in [-0.39, 0.29) is 5.91 Å². The molecule has 0 bridgehead atoms. The summed E-state index contributed by atoms with van der Waals surface area (Å²) in [5.41, 5.74) is 1.49. The maximum Gasteiger partial charge on any atom is 0.409 e. The van der Waals surface area contributed by atoms with Crippen LogP contribution in [0.1, 0.15) is 31.2 Å². The predicted molar refractivity (Wildman–Crippen MR) is 102 cm³/mol. The number of carbonyl (C=O) groups excluding carboxylic acids is 3. The molecule has 1 aliphatic heterocycles. The van der Waals surface area contributed by atoms with Crippen molar-refractivity contribution in [3.8, 4) is 0 Å². The van der Waals surface area contributed by atoms with Crippen LogP contribution in [0.15, 0.2) is 24.3 Å². The summed E-state index contributed by atoms with van der Waals surface area (Å²) in [7, 11) is 2.61. The fraction of sp³-hybridized carbons (Fsp3) is 0.278. The Bertz CT molecular complexity index is 911. The molecule has 0 spiro atoms. The lowest BCUT2D eigenvalue weighted by Crippen LogP contribution is -2.35. The van der Waals surface area contributed by atoms with Crippen molar-refractivity contribution in [2.75, 3.05) is 26.1 Å². The second kappa shape index (κ2) is 7.98. The van der Waals surface area contributed by atoms with Gasteiger partial charge in [0.05, 0.1) is 26.3 Å². The molecule has 1 aliphatic rings. The first-order valence-corrected chi connectivity index (χ1v) is 9.26. The van der Waals surface area contributed by atoms with Gasteiger partial charge in [-0.05, 0) is 30.2 Å². The second-order valence-corrected chi connectivity index (χ2v) is 7.35. The van der Waals surface area contributed by atoms with E-state index in [9.17, 15) is 14.4 Å². The molecule has 27 heavy (non-hydrogen) atoms. The van der Waals surface area contributed by atoms with Crippen LogP contribution in [0.5, 0.6) is 0 Å². The van der Waals surface area contributed by atoms with Gasteiger partial charge in [0.2, 0.25) is 0 Å². The minimum absolute atomic E-state index is 0.309. The summed E-state index contributed by atoms with van der Waals surface area (Å²) < 4.78 is 9.66.